The first-order valence-corrected chi connectivity index (χ1v) is 10.2. The highest BCUT2D eigenvalue weighted by atomic mass is 32.2. The lowest BCUT2D eigenvalue weighted by Gasteiger charge is -2.16. The number of nitrogens with zero attached hydrogens (tertiary/aromatic N) is 2. The van der Waals surface area contributed by atoms with Crippen LogP contribution in [0.5, 0.6) is 0 Å². The Morgan fingerprint density at radius 1 is 1.37 bits per heavy atom. The Morgan fingerprint density at radius 2 is 2.07 bits per heavy atom. The molecule has 1 atom stereocenters. The zero-order chi connectivity index (χ0) is 19.6. The molecule has 3 rings (SSSR count). The minimum Gasteiger partial charge on any atom is -0.465 e. The summed E-state index contributed by atoms with van der Waals surface area (Å²) in [6.45, 7) is 8.30. The second kappa shape index (κ2) is 8.17. The van der Waals surface area contributed by atoms with Crippen LogP contribution in [-0.4, -0.2) is 34.0 Å². The largest absolute Gasteiger partial charge is 0.465 e. The van der Waals surface area contributed by atoms with Gasteiger partial charge in [-0.2, -0.15) is 5.10 Å². The molecule has 144 valence electrons. The summed E-state index contributed by atoms with van der Waals surface area (Å²) in [5, 5.41) is 7.40. The molecule has 7 heteroatoms. The molecule has 2 aromatic rings. The Kier molecular flexibility index (Phi) is 5.89. The Labute approximate surface area is 163 Å². The maximum Gasteiger partial charge on any atom is 0.327 e. The Bertz CT molecular complexity index is 843. The number of ether oxygens (including phenoxy) is 1. The summed E-state index contributed by atoms with van der Waals surface area (Å²) >= 11 is 1.58. The Balaban J connectivity index is 2.00. The highest BCUT2D eigenvalue weighted by Crippen LogP contribution is 2.43. The van der Waals surface area contributed by atoms with Gasteiger partial charge in [-0.25, -0.2) is 4.68 Å². The predicted octanol–water partition coefficient (Wildman–Crippen LogP) is 3.65. The van der Waals surface area contributed by atoms with Gasteiger partial charge < -0.3 is 10.1 Å². The smallest absolute Gasteiger partial charge is 0.327 e. The van der Waals surface area contributed by atoms with Gasteiger partial charge in [0.05, 0.1) is 23.3 Å². The van der Waals surface area contributed by atoms with Gasteiger partial charge in [0.1, 0.15) is 12.4 Å². The van der Waals surface area contributed by atoms with Gasteiger partial charge in [-0.3, -0.25) is 9.59 Å². The number of anilines is 1. The molecule has 6 nitrogen and oxygen atoms in total. The van der Waals surface area contributed by atoms with E-state index < -0.39 is 0 Å². The van der Waals surface area contributed by atoms with Crippen molar-refractivity contribution in [2.45, 2.75) is 45.4 Å². The van der Waals surface area contributed by atoms with E-state index >= 15 is 0 Å². The van der Waals surface area contributed by atoms with Crippen LogP contribution in [-0.2, 0) is 20.9 Å². The van der Waals surface area contributed by atoms with Gasteiger partial charge in [0.2, 0.25) is 5.91 Å². The standard InChI is InChI=1S/C20H25N3O3S/c1-5-26-17(25)10-23-20-18(13(4)22-23)19(27-11-16(24)21-20)15-8-6-14(7-9-15)12(2)3/h6-9,12,19H,5,10-11H2,1-4H3,(H,21,24)/t19-/m1/s1. The van der Waals surface area contributed by atoms with Crippen molar-refractivity contribution in [2.75, 3.05) is 17.7 Å². The average molecular weight is 388 g/mol. The molecule has 0 saturated carbocycles. The van der Waals surface area contributed by atoms with Crippen molar-refractivity contribution < 1.29 is 14.3 Å². The number of fused-ring (bicyclic) bond motifs is 1. The number of rotatable bonds is 5. The summed E-state index contributed by atoms with van der Waals surface area (Å²) in [5.74, 6) is 0.950. The molecule has 2 heterocycles. The fourth-order valence-corrected chi connectivity index (χ4v) is 4.40. The van der Waals surface area contributed by atoms with Gasteiger partial charge in [-0.05, 0) is 30.9 Å². The monoisotopic (exact) mass is 387 g/mol. The van der Waals surface area contributed by atoms with E-state index in [1.54, 1.807) is 23.4 Å². The summed E-state index contributed by atoms with van der Waals surface area (Å²) in [4.78, 5) is 24.2. The van der Waals surface area contributed by atoms with Crippen LogP contribution in [0.15, 0.2) is 24.3 Å². The first-order chi connectivity index (χ1) is 12.9. The molecule has 0 aliphatic carbocycles. The molecule has 1 aromatic heterocycles. The Morgan fingerprint density at radius 3 is 2.70 bits per heavy atom. The molecule has 1 aromatic carbocycles. The van der Waals surface area contributed by atoms with Crippen LogP contribution >= 0.6 is 11.8 Å². The number of carbonyl (C=O) groups excluding carboxylic acids is 2. The van der Waals surface area contributed by atoms with E-state index in [2.05, 4.69) is 48.5 Å². The summed E-state index contributed by atoms with van der Waals surface area (Å²) < 4.78 is 6.58. The van der Waals surface area contributed by atoms with Crippen molar-refractivity contribution in [3.05, 3.63) is 46.6 Å². The van der Waals surface area contributed by atoms with Crippen molar-refractivity contribution in [3.63, 3.8) is 0 Å². The second-order valence-electron chi connectivity index (χ2n) is 6.87. The molecule has 0 bridgehead atoms. The van der Waals surface area contributed by atoms with Crippen LogP contribution in [0.2, 0.25) is 0 Å². The van der Waals surface area contributed by atoms with Crippen LogP contribution in [0.1, 0.15) is 54.3 Å². The Hall–Kier alpha value is -2.28. The lowest BCUT2D eigenvalue weighted by atomic mass is 9.98. The topological polar surface area (TPSA) is 73.2 Å². The fraction of sp³-hybridized carbons (Fsp3) is 0.450. The van der Waals surface area contributed by atoms with Crippen molar-refractivity contribution >= 4 is 29.5 Å². The molecule has 27 heavy (non-hydrogen) atoms. The molecule has 1 amide bonds. The molecule has 0 saturated heterocycles. The number of amides is 1. The van der Waals surface area contributed by atoms with Crippen LogP contribution < -0.4 is 5.32 Å². The molecular formula is C20H25N3O3S. The van der Waals surface area contributed by atoms with E-state index in [1.165, 1.54) is 5.56 Å². The highest BCUT2D eigenvalue weighted by Gasteiger charge is 2.30. The van der Waals surface area contributed by atoms with Crippen molar-refractivity contribution in [1.29, 1.82) is 0 Å². The van der Waals surface area contributed by atoms with E-state index in [-0.39, 0.29) is 23.7 Å². The summed E-state index contributed by atoms with van der Waals surface area (Å²) in [7, 11) is 0. The molecule has 1 N–H and O–H groups in total. The summed E-state index contributed by atoms with van der Waals surface area (Å²) in [6, 6.07) is 8.51. The maximum absolute atomic E-state index is 12.2. The second-order valence-corrected chi connectivity index (χ2v) is 7.96. The van der Waals surface area contributed by atoms with Gasteiger partial charge in [-0.15, -0.1) is 11.8 Å². The highest BCUT2D eigenvalue weighted by molar-refractivity contribution is 8.00. The minimum absolute atomic E-state index is 0.0175. The third-order valence-corrected chi connectivity index (χ3v) is 5.83. The number of benzene rings is 1. The molecule has 0 radical (unpaired) electrons. The number of thioether (sulfide) groups is 1. The lowest BCUT2D eigenvalue weighted by Crippen LogP contribution is -2.20. The number of aromatic nitrogens is 2. The molecule has 0 fully saturated rings. The SMILES string of the molecule is CCOC(=O)Cn1nc(C)c2c1NC(=O)CS[C@@H]2c1ccc(C(C)C)cc1. The van der Waals surface area contributed by atoms with Gasteiger partial charge in [-0.1, -0.05) is 38.1 Å². The van der Waals surface area contributed by atoms with Crippen LogP contribution in [0.25, 0.3) is 0 Å². The maximum atomic E-state index is 12.2. The number of esters is 1. The molecule has 1 aliphatic rings. The predicted molar refractivity (Wildman–Crippen MR) is 107 cm³/mol. The molecule has 0 unspecified atom stereocenters. The molecule has 1 aliphatic heterocycles. The molecule has 0 spiro atoms. The van der Waals surface area contributed by atoms with Crippen LogP contribution in [0.4, 0.5) is 5.82 Å². The van der Waals surface area contributed by atoms with Crippen molar-refractivity contribution in [3.8, 4) is 0 Å². The van der Waals surface area contributed by atoms with Gasteiger partial charge >= 0.3 is 5.97 Å². The zero-order valence-corrected chi connectivity index (χ0v) is 16.9. The van der Waals surface area contributed by atoms with Crippen LogP contribution in [0.3, 0.4) is 0 Å². The van der Waals surface area contributed by atoms with E-state index in [0.29, 0.717) is 24.1 Å². The number of hydrogen-bond acceptors (Lipinski definition) is 5. The number of hydrogen-bond donors (Lipinski definition) is 1. The summed E-state index contributed by atoms with van der Waals surface area (Å²) in [6.07, 6.45) is 0. The quantitative estimate of drug-likeness (QED) is 0.793. The first kappa shape index (κ1) is 19.5. The van der Waals surface area contributed by atoms with Gasteiger partial charge in [0.15, 0.2) is 0 Å². The van der Waals surface area contributed by atoms with E-state index in [1.807, 2.05) is 6.92 Å². The number of nitrogens with one attached hydrogen (secondary N) is 1. The summed E-state index contributed by atoms with van der Waals surface area (Å²) in [5.41, 5.74) is 4.16. The average Bonchev–Trinajstić information content (AvgIpc) is 2.80. The minimum atomic E-state index is -0.369. The van der Waals surface area contributed by atoms with Crippen molar-refractivity contribution in [2.24, 2.45) is 0 Å². The fourth-order valence-electron chi connectivity index (χ4n) is 3.21. The van der Waals surface area contributed by atoms with E-state index in [4.69, 9.17) is 4.74 Å². The van der Waals surface area contributed by atoms with E-state index in [9.17, 15) is 9.59 Å². The third-order valence-electron chi connectivity index (χ3n) is 4.56. The zero-order valence-electron chi connectivity index (χ0n) is 16.1. The lowest BCUT2D eigenvalue weighted by molar-refractivity contribution is -0.144. The van der Waals surface area contributed by atoms with Crippen molar-refractivity contribution in [1.82, 2.24) is 9.78 Å². The van der Waals surface area contributed by atoms with Crippen LogP contribution in [0, 0.1) is 6.92 Å². The van der Waals surface area contributed by atoms with Gasteiger partial charge in [0.25, 0.3) is 0 Å². The van der Waals surface area contributed by atoms with E-state index in [0.717, 1.165) is 16.8 Å². The number of carbonyl (C=O) groups is 2. The molecular weight excluding hydrogens is 362 g/mol. The normalized spacial score (nSPS) is 16.6. The third kappa shape index (κ3) is 4.18. The number of aryl methyl sites for hydroxylation is 1. The first-order valence-electron chi connectivity index (χ1n) is 9.15. The van der Waals surface area contributed by atoms with Gasteiger partial charge in [0, 0.05) is 5.56 Å².